The molecule has 0 aromatic carbocycles. The Hall–Kier alpha value is -2.75. The number of hydrogen-bond acceptors (Lipinski definition) is 9. The Kier molecular flexibility index (Phi) is 17.0. The van der Waals surface area contributed by atoms with E-state index >= 15 is 0 Å². The van der Waals surface area contributed by atoms with Crippen molar-refractivity contribution in [2.45, 2.75) is 130 Å². The van der Waals surface area contributed by atoms with Crippen LogP contribution in [-0.4, -0.2) is 50.7 Å². The lowest BCUT2D eigenvalue weighted by atomic mass is 10.0. The molecule has 41 heavy (non-hydrogen) atoms. The lowest BCUT2D eigenvalue weighted by Crippen LogP contribution is -2.38. The van der Waals surface area contributed by atoms with Crippen LogP contribution < -0.4 is 11.5 Å². The number of imidazole rings is 1. The maximum Gasteiger partial charge on any atom is 0.323 e. The number of unbranched alkanes of at least 4 members (excludes halogenated alkanes) is 12. The first kappa shape index (κ1) is 34.5. The number of hydrogen-bond donors (Lipinski definition) is 2. The summed E-state index contributed by atoms with van der Waals surface area (Å²) < 4.78 is 12.9. The molecular formula is C31H54N6O4. The van der Waals surface area contributed by atoms with Crippen LogP contribution in [0.2, 0.25) is 0 Å². The Balaban J connectivity index is 1.67. The minimum Gasteiger partial charge on any atom is -0.466 e. The zero-order valence-corrected chi connectivity index (χ0v) is 25.7. The second-order valence-electron chi connectivity index (χ2n) is 11.6. The highest BCUT2D eigenvalue weighted by Crippen LogP contribution is 2.17. The molecule has 2 aromatic heterocycles. The molecule has 0 bridgehead atoms. The van der Waals surface area contributed by atoms with Gasteiger partial charge in [0.1, 0.15) is 11.6 Å². The number of rotatable bonds is 23. The van der Waals surface area contributed by atoms with Crippen molar-refractivity contribution in [3.63, 3.8) is 0 Å². The first-order chi connectivity index (χ1) is 19.8. The molecule has 4 N–H and O–H groups in total. The summed E-state index contributed by atoms with van der Waals surface area (Å²) in [4.78, 5) is 37.2. The second kappa shape index (κ2) is 20.2. The summed E-state index contributed by atoms with van der Waals surface area (Å²) in [6, 6.07) is -0.685. The average Bonchev–Trinajstić information content (AvgIpc) is 3.34. The Morgan fingerprint density at radius 2 is 1.51 bits per heavy atom. The summed E-state index contributed by atoms with van der Waals surface area (Å²) in [6.45, 7) is 6.88. The molecule has 0 fully saturated rings. The molecule has 0 aliphatic carbocycles. The number of carbonyl (C=O) groups excluding carboxylic acids is 2. The second-order valence-corrected chi connectivity index (χ2v) is 11.6. The van der Waals surface area contributed by atoms with Crippen LogP contribution in [0.4, 0.5) is 5.95 Å². The molecule has 0 saturated heterocycles. The highest BCUT2D eigenvalue weighted by atomic mass is 16.5. The number of aromatic nitrogens is 4. The van der Waals surface area contributed by atoms with Crippen molar-refractivity contribution in [3.8, 4) is 0 Å². The lowest BCUT2D eigenvalue weighted by Gasteiger charge is -2.20. The molecule has 2 atom stereocenters. The quantitative estimate of drug-likeness (QED) is 0.121. The van der Waals surface area contributed by atoms with Crippen molar-refractivity contribution in [1.82, 2.24) is 19.5 Å². The van der Waals surface area contributed by atoms with Gasteiger partial charge in [0.2, 0.25) is 5.95 Å². The number of nitrogens with zero attached hydrogens (tertiary/aromatic N) is 4. The van der Waals surface area contributed by atoms with Crippen LogP contribution in [0.5, 0.6) is 0 Å². The minimum atomic E-state index is -0.685. The number of nitrogens with two attached hydrogens (primary N) is 2. The summed E-state index contributed by atoms with van der Waals surface area (Å²) in [5.41, 5.74) is 12.9. The molecule has 10 nitrogen and oxygen atoms in total. The maximum atomic E-state index is 12.3. The van der Waals surface area contributed by atoms with Gasteiger partial charge in [0.25, 0.3) is 0 Å². The van der Waals surface area contributed by atoms with Crippen LogP contribution in [0.25, 0.3) is 11.2 Å². The van der Waals surface area contributed by atoms with E-state index in [9.17, 15) is 9.59 Å². The van der Waals surface area contributed by atoms with Crippen molar-refractivity contribution in [3.05, 3.63) is 12.5 Å². The minimum absolute atomic E-state index is 0.0238. The normalized spacial score (nSPS) is 13.0. The molecule has 0 radical (unpaired) electrons. The molecule has 0 amide bonds. The number of ether oxygens (including phenoxy) is 2. The van der Waals surface area contributed by atoms with Gasteiger partial charge in [-0.25, -0.2) is 9.97 Å². The van der Waals surface area contributed by atoms with E-state index < -0.39 is 12.0 Å². The topological polar surface area (TPSA) is 148 Å². The van der Waals surface area contributed by atoms with Crippen molar-refractivity contribution in [1.29, 1.82) is 0 Å². The molecule has 0 aliphatic rings. The van der Waals surface area contributed by atoms with Gasteiger partial charge in [0, 0.05) is 18.9 Å². The van der Waals surface area contributed by atoms with E-state index in [0.717, 1.165) is 12.8 Å². The molecule has 2 heterocycles. The van der Waals surface area contributed by atoms with E-state index in [2.05, 4.69) is 21.9 Å². The molecule has 0 spiro atoms. The van der Waals surface area contributed by atoms with Crippen LogP contribution in [-0.2, 0) is 25.6 Å². The van der Waals surface area contributed by atoms with Crippen molar-refractivity contribution < 1.29 is 19.1 Å². The van der Waals surface area contributed by atoms with Crippen molar-refractivity contribution in [2.24, 2.45) is 17.6 Å². The monoisotopic (exact) mass is 574 g/mol. The summed E-state index contributed by atoms with van der Waals surface area (Å²) >= 11 is 0. The van der Waals surface area contributed by atoms with E-state index in [1.807, 2.05) is 18.4 Å². The summed E-state index contributed by atoms with van der Waals surface area (Å²) in [5.74, 6) is -0.613. The van der Waals surface area contributed by atoms with Gasteiger partial charge in [-0.2, -0.15) is 4.98 Å². The van der Waals surface area contributed by atoms with E-state index in [-0.39, 0.29) is 37.0 Å². The third-order valence-corrected chi connectivity index (χ3v) is 7.56. The van der Waals surface area contributed by atoms with Gasteiger partial charge in [-0.05, 0) is 18.8 Å². The smallest absolute Gasteiger partial charge is 0.323 e. The van der Waals surface area contributed by atoms with Gasteiger partial charge in [-0.3, -0.25) is 9.59 Å². The fraction of sp³-hybridized carbons (Fsp3) is 0.774. The number of carbonyl (C=O) groups is 2. The first-order valence-electron chi connectivity index (χ1n) is 15.8. The summed E-state index contributed by atoms with van der Waals surface area (Å²) in [5, 5.41) is 0. The van der Waals surface area contributed by atoms with E-state index in [4.69, 9.17) is 20.9 Å². The van der Waals surface area contributed by atoms with Gasteiger partial charge in [-0.1, -0.05) is 97.8 Å². The van der Waals surface area contributed by atoms with E-state index in [1.54, 1.807) is 12.5 Å². The summed E-state index contributed by atoms with van der Waals surface area (Å²) in [6.07, 6.45) is 20.7. The number of anilines is 1. The van der Waals surface area contributed by atoms with Gasteiger partial charge >= 0.3 is 11.9 Å². The van der Waals surface area contributed by atoms with Crippen LogP contribution in [0.3, 0.4) is 0 Å². The molecule has 10 heteroatoms. The maximum absolute atomic E-state index is 12.3. The number of esters is 2. The van der Waals surface area contributed by atoms with Crippen LogP contribution in [0.1, 0.15) is 117 Å². The largest absolute Gasteiger partial charge is 0.466 e. The predicted octanol–water partition coefficient (Wildman–Crippen LogP) is 5.97. The SMILES string of the molecule is CCCCCCCCCCCCCCCC(=O)OCCC(COC(=O)[C@@H](N)C(C)C)Cn1cnc2cnc(N)nc21. The van der Waals surface area contributed by atoms with Gasteiger partial charge < -0.3 is 25.5 Å². The molecule has 0 aliphatic heterocycles. The van der Waals surface area contributed by atoms with Crippen molar-refractivity contribution >= 4 is 29.1 Å². The van der Waals surface area contributed by atoms with Crippen LogP contribution in [0, 0.1) is 11.8 Å². The fourth-order valence-corrected chi connectivity index (χ4v) is 4.77. The molecule has 0 saturated carbocycles. The van der Waals surface area contributed by atoms with Crippen LogP contribution >= 0.6 is 0 Å². The first-order valence-corrected chi connectivity index (χ1v) is 15.8. The van der Waals surface area contributed by atoms with Crippen LogP contribution in [0.15, 0.2) is 12.5 Å². The molecule has 1 unspecified atom stereocenters. The standard InChI is InChI=1S/C31H54N6O4/c1-4-5-6-7-8-9-10-11-12-13-14-15-16-17-27(38)40-19-18-25(22-41-30(39)28(32)24(2)3)21-37-23-35-26-20-34-31(33)36-29(26)37/h20,23-25,28H,4-19,21-22,32H2,1-3H3,(H2,33,34,36)/t25?,28-/m0/s1. The Labute approximate surface area is 246 Å². The Bertz CT molecular complexity index is 1010. The molecule has 2 rings (SSSR count). The van der Waals surface area contributed by atoms with Gasteiger partial charge in [-0.15, -0.1) is 0 Å². The fourth-order valence-electron chi connectivity index (χ4n) is 4.77. The highest BCUT2D eigenvalue weighted by molar-refractivity contribution is 5.75. The van der Waals surface area contributed by atoms with Gasteiger partial charge in [0.15, 0.2) is 5.65 Å². The van der Waals surface area contributed by atoms with E-state index in [1.165, 1.54) is 70.6 Å². The van der Waals surface area contributed by atoms with Crippen molar-refractivity contribution in [2.75, 3.05) is 18.9 Å². The highest BCUT2D eigenvalue weighted by Gasteiger charge is 2.22. The van der Waals surface area contributed by atoms with E-state index in [0.29, 0.717) is 30.6 Å². The number of fused-ring (bicyclic) bond motifs is 1. The molecule has 2 aromatic rings. The third-order valence-electron chi connectivity index (χ3n) is 7.56. The zero-order chi connectivity index (χ0) is 29.9. The predicted molar refractivity (Wildman–Crippen MR) is 163 cm³/mol. The Morgan fingerprint density at radius 3 is 2.12 bits per heavy atom. The summed E-state index contributed by atoms with van der Waals surface area (Å²) in [7, 11) is 0. The zero-order valence-electron chi connectivity index (χ0n) is 25.7. The average molecular weight is 575 g/mol. The van der Waals surface area contributed by atoms with Gasteiger partial charge in [0.05, 0.1) is 25.7 Å². The Morgan fingerprint density at radius 1 is 0.902 bits per heavy atom. The number of nitrogen functional groups attached to an aromatic ring is 1. The third kappa shape index (κ3) is 14.1. The molecular weight excluding hydrogens is 520 g/mol. The lowest BCUT2D eigenvalue weighted by molar-refractivity contribution is -0.149. The molecule has 232 valence electrons.